The maximum atomic E-state index is 13.4. The number of carbonyl (C=O) groups excluding carboxylic acids is 2. The van der Waals surface area contributed by atoms with Crippen LogP contribution in [0.2, 0.25) is 5.02 Å². The van der Waals surface area contributed by atoms with Gasteiger partial charge in [0.05, 0.1) is 16.6 Å². The second-order valence-corrected chi connectivity index (χ2v) is 9.06. The first-order valence-electron chi connectivity index (χ1n) is 10.0. The van der Waals surface area contributed by atoms with Gasteiger partial charge in [0.1, 0.15) is 6.54 Å². The first kappa shape index (κ1) is 22.3. The Balaban J connectivity index is 1.79. The van der Waals surface area contributed by atoms with Crippen molar-refractivity contribution in [2.45, 2.75) is 19.4 Å². The Morgan fingerprint density at radius 3 is 2.47 bits per heavy atom. The summed E-state index contributed by atoms with van der Waals surface area (Å²) in [6.45, 7) is 0.538. The quantitative estimate of drug-likeness (QED) is 0.571. The minimum absolute atomic E-state index is 0.237. The van der Waals surface area contributed by atoms with Gasteiger partial charge in [-0.2, -0.15) is 0 Å². The van der Waals surface area contributed by atoms with Crippen molar-refractivity contribution in [2.75, 3.05) is 13.1 Å². The van der Waals surface area contributed by atoms with Crippen molar-refractivity contribution in [3.05, 3.63) is 72.8 Å². The Bertz CT molecular complexity index is 1340. The van der Waals surface area contributed by atoms with Gasteiger partial charge < -0.3 is 10.6 Å². The normalized spacial score (nSPS) is 14.6. The van der Waals surface area contributed by atoms with Crippen LogP contribution in [0.3, 0.4) is 0 Å². The van der Waals surface area contributed by atoms with Crippen LogP contribution in [0.4, 0.5) is 0 Å². The third-order valence-corrected chi connectivity index (χ3v) is 6.44. The van der Waals surface area contributed by atoms with E-state index in [4.69, 9.17) is 17.3 Å². The number of fused-ring (bicyclic) bond motifs is 1. The molecule has 0 radical (unpaired) electrons. The summed E-state index contributed by atoms with van der Waals surface area (Å²) in [5.41, 5.74) is 4.92. The highest BCUT2D eigenvalue weighted by Gasteiger charge is 2.27. The lowest BCUT2D eigenvalue weighted by atomic mass is 9.96. The van der Waals surface area contributed by atoms with E-state index in [1.54, 1.807) is 41.3 Å². The van der Waals surface area contributed by atoms with E-state index in [2.05, 4.69) is 15.9 Å². The predicted octanol–water partition coefficient (Wildman–Crippen LogP) is 2.29. The van der Waals surface area contributed by atoms with E-state index in [1.165, 1.54) is 10.6 Å². The molecule has 1 aliphatic heterocycles. The highest BCUT2D eigenvalue weighted by atomic mass is 79.9. The lowest BCUT2D eigenvalue weighted by Gasteiger charge is -2.31. The van der Waals surface area contributed by atoms with E-state index < -0.39 is 11.2 Å². The van der Waals surface area contributed by atoms with Crippen LogP contribution in [0.5, 0.6) is 0 Å². The summed E-state index contributed by atoms with van der Waals surface area (Å²) < 4.78 is 2.99. The highest BCUT2D eigenvalue weighted by molar-refractivity contribution is 9.10. The molecule has 32 heavy (non-hydrogen) atoms. The summed E-state index contributed by atoms with van der Waals surface area (Å²) in [7, 11) is 0. The number of hydrogen-bond acceptors (Lipinski definition) is 4. The van der Waals surface area contributed by atoms with Gasteiger partial charge in [0.2, 0.25) is 11.8 Å². The Morgan fingerprint density at radius 2 is 1.81 bits per heavy atom. The van der Waals surface area contributed by atoms with Crippen LogP contribution in [-0.4, -0.2) is 38.9 Å². The van der Waals surface area contributed by atoms with Crippen LogP contribution in [-0.2, 0) is 16.1 Å². The number of carbonyl (C=O) groups is 2. The zero-order valence-electron chi connectivity index (χ0n) is 17.0. The topological polar surface area (TPSA) is 107 Å². The van der Waals surface area contributed by atoms with Crippen LogP contribution < -0.4 is 17.0 Å². The van der Waals surface area contributed by atoms with Crippen molar-refractivity contribution in [1.29, 1.82) is 0 Å². The van der Waals surface area contributed by atoms with Gasteiger partial charge in [-0.1, -0.05) is 33.6 Å². The number of benzene rings is 2. The van der Waals surface area contributed by atoms with Gasteiger partial charge in [-0.05, 0) is 49.2 Å². The molecule has 0 saturated carbocycles. The number of nitrogens with zero attached hydrogens (tertiary/aromatic N) is 3. The number of rotatable bonds is 4. The van der Waals surface area contributed by atoms with Gasteiger partial charge >= 0.3 is 5.69 Å². The van der Waals surface area contributed by atoms with E-state index in [-0.39, 0.29) is 24.3 Å². The number of hydrogen-bond donors (Lipinski definition) is 1. The number of piperidine rings is 1. The van der Waals surface area contributed by atoms with Gasteiger partial charge in [-0.15, -0.1) is 0 Å². The lowest BCUT2D eigenvalue weighted by molar-refractivity contribution is -0.135. The Hall–Kier alpha value is -2.91. The Labute approximate surface area is 196 Å². The fourth-order valence-corrected chi connectivity index (χ4v) is 4.54. The lowest BCUT2D eigenvalue weighted by Crippen LogP contribution is -2.46. The van der Waals surface area contributed by atoms with Gasteiger partial charge in [0.15, 0.2) is 0 Å². The molecule has 0 unspecified atom stereocenters. The van der Waals surface area contributed by atoms with Crippen molar-refractivity contribution >= 4 is 50.2 Å². The van der Waals surface area contributed by atoms with Crippen molar-refractivity contribution in [1.82, 2.24) is 14.0 Å². The molecular formula is C22H20BrClN4O4. The van der Waals surface area contributed by atoms with Crippen LogP contribution in [0, 0.1) is 5.92 Å². The number of nitrogens with two attached hydrogens (primary N) is 1. The van der Waals surface area contributed by atoms with Crippen LogP contribution in [0.15, 0.2) is 56.5 Å². The fraction of sp³-hybridized carbons (Fsp3) is 0.273. The molecule has 3 aromatic rings. The van der Waals surface area contributed by atoms with Crippen molar-refractivity contribution in [3.63, 3.8) is 0 Å². The summed E-state index contributed by atoms with van der Waals surface area (Å²) in [5.74, 6) is -0.876. The Morgan fingerprint density at radius 1 is 1.09 bits per heavy atom. The summed E-state index contributed by atoms with van der Waals surface area (Å²) >= 11 is 9.44. The highest BCUT2D eigenvalue weighted by Crippen LogP contribution is 2.20. The number of aromatic nitrogens is 2. The number of halogens is 2. The monoisotopic (exact) mass is 518 g/mol. The average molecular weight is 520 g/mol. The molecule has 2 aromatic carbocycles. The van der Waals surface area contributed by atoms with Crippen molar-refractivity contribution in [2.24, 2.45) is 11.7 Å². The molecular weight excluding hydrogens is 500 g/mol. The molecule has 1 aromatic heterocycles. The van der Waals surface area contributed by atoms with Crippen molar-refractivity contribution in [3.8, 4) is 5.69 Å². The molecule has 2 N–H and O–H groups in total. The second-order valence-electron chi connectivity index (χ2n) is 7.71. The maximum Gasteiger partial charge on any atom is 0.336 e. The number of primary amides is 1. The Kier molecular flexibility index (Phi) is 6.21. The fourth-order valence-electron chi connectivity index (χ4n) is 3.99. The molecule has 1 aliphatic rings. The largest absolute Gasteiger partial charge is 0.369 e. The molecule has 10 heteroatoms. The molecule has 2 amide bonds. The second kappa shape index (κ2) is 8.91. The summed E-state index contributed by atoms with van der Waals surface area (Å²) in [5, 5.41) is 0.669. The minimum atomic E-state index is -0.632. The zero-order chi connectivity index (χ0) is 23.0. The summed E-state index contributed by atoms with van der Waals surface area (Å²) in [4.78, 5) is 52.6. The van der Waals surface area contributed by atoms with E-state index in [1.807, 2.05) is 0 Å². The molecule has 1 saturated heterocycles. The minimum Gasteiger partial charge on any atom is -0.369 e. The third kappa shape index (κ3) is 4.22. The summed E-state index contributed by atoms with van der Waals surface area (Å²) in [6.07, 6.45) is 0.983. The van der Waals surface area contributed by atoms with Gasteiger partial charge in [0, 0.05) is 28.5 Å². The van der Waals surface area contributed by atoms with Gasteiger partial charge in [-0.25, -0.2) is 9.36 Å². The molecule has 8 nitrogen and oxygen atoms in total. The standard InChI is InChI=1S/C22H20BrClN4O4/c23-14-4-5-18-17(10-14)21(31)28(16-3-1-2-15(24)11-16)22(32)27(18)12-19(29)26-8-6-13(7-9-26)20(25)30/h1-5,10-11,13H,6-9,12H2,(H2,25,30). The molecule has 2 heterocycles. The molecule has 4 rings (SSSR count). The molecule has 0 aliphatic carbocycles. The third-order valence-electron chi connectivity index (χ3n) is 5.71. The molecule has 0 spiro atoms. The summed E-state index contributed by atoms with van der Waals surface area (Å²) in [6, 6.07) is 11.4. The zero-order valence-corrected chi connectivity index (χ0v) is 19.3. The number of likely N-dealkylation sites (tertiary alicyclic amines) is 1. The first-order valence-corrected chi connectivity index (χ1v) is 11.2. The smallest absolute Gasteiger partial charge is 0.336 e. The molecule has 0 bridgehead atoms. The van der Waals surface area contributed by atoms with E-state index in [9.17, 15) is 19.2 Å². The number of amides is 2. The molecule has 166 valence electrons. The van der Waals surface area contributed by atoms with Crippen LogP contribution >= 0.6 is 27.5 Å². The average Bonchev–Trinajstić information content (AvgIpc) is 2.77. The maximum absolute atomic E-state index is 13.4. The SMILES string of the molecule is NC(=O)C1CCN(C(=O)Cn2c(=O)n(-c3cccc(Cl)c3)c(=O)c3cc(Br)ccc32)CC1. The van der Waals surface area contributed by atoms with Crippen LogP contribution in [0.25, 0.3) is 16.6 Å². The van der Waals surface area contributed by atoms with E-state index in [0.29, 0.717) is 52.0 Å². The van der Waals surface area contributed by atoms with Crippen LogP contribution in [0.1, 0.15) is 12.8 Å². The predicted molar refractivity (Wildman–Crippen MR) is 125 cm³/mol. The van der Waals surface area contributed by atoms with E-state index >= 15 is 0 Å². The molecule has 0 atom stereocenters. The van der Waals surface area contributed by atoms with Gasteiger partial charge in [0.25, 0.3) is 5.56 Å². The molecule has 1 fully saturated rings. The van der Waals surface area contributed by atoms with Gasteiger partial charge in [-0.3, -0.25) is 19.0 Å². The van der Waals surface area contributed by atoms with E-state index in [0.717, 1.165) is 4.57 Å². The first-order chi connectivity index (χ1) is 15.3. The van der Waals surface area contributed by atoms with Crippen molar-refractivity contribution < 1.29 is 9.59 Å².